The van der Waals surface area contributed by atoms with Crippen LogP contribution in [0.3, 0.4) is 0 Å². The molecule has 0 bridgehead atoms. The molecule has 3 aliphatic rings. The van der Waals surface area contributed by atoms with Gasteiger partial charge in [-0.25, -0.2) is 9.82 Å². The second-order valence-electron chi connectivity index (χ2n) is 10.3. The number of ether oxygens (including phenoxy) is 1. The van der Waals surface area contributed by atoms with E-state index in [4.69, 9.17) is 4.74 Å². The van der Waals surface area contributed by atoms with E-state index >= 15 is 4.39 Å². The molecule has 2 saturated heterocycles. The number of piperidine rings is 1. The Hall–Kier alpha value is -3.24. The van der Waals surface area contributed by atoms with Crippen molar-refractivity contribution in [2.24, 2.45) is 11.0 Å². The molecule has 2 unspecified atom stereocenters. The smallest absolute Gasteiger partial charge is 0.276 e. The first-order chi connectivity index (χ1) is 18.4. The summed E-state index contributed by atoms with van der Waals surface area (Å²) in [5.74, 6) is -0.350. The Morgan fingerprint density at radius 1 is 1.24 bits per heavy atom. The summed E-state index contributed by atoms with van der Waals surface area (Å²) in [5, 5.41) is 7.70. The average Bonchev–Trinajstić information content (AvgIpc) is 3.67. The fourth-order valence-corrected chi connectivity index (χ4v) is 6.00. The number of anilines is 1. The quantitative estimate of drug-likeness (QED) is 0.336. The number of nitrogens with zero attached hydrogens (tertiary/aromatic N) is 3. The molecule has 198 valence electrons. The molecule has 6 rings (SSSR count). The van der Waals surface area contributed by atoms with E-state index in [9.17, 15) is 9.59 Å². The molecule has 1 aliphatic carbocycles. The number of benzene rings is 2. The summed E-state index contributed by atoms with van der Waals surface area (Å²) >= 11 is 3.38. The Kier molecular flexibility index (Phi) is 6.69. The Morgan fingerprint density at radius 2 is 2.03 bits per heavy atom. The third-order valence-corrected chi connectivity index (χ3v) is 8.28. The van der Waals surface area contributed by atoms with E-state index in [-0.39, 0.29) is 17.0 Å². The van der Waals surface area contributed by atoms with Crippen molar-refractivity contribution in [2.45, 2.75) is 37.8 Å². The van der Waals surface area contributed by atoms with Gasteiger partial charge in [-0.15, -0.1) is 0 Å². The number of hydrazone groups is 1. The van der Waals surface area contributed by atoms with Crippen LogP contribution in [-0.4, -0.2) is 49.5 Å². The molecule has 1 amide bonds. The highest BCUT2D eigenvalue weighted by Crippen LogP contribution is 2.45. The van der Waals surface area contributed by atoms with Crippen LogP contribution in [-0.2, 0) is 0 Å². The molecule has 3 heterocycles. The van der Waals surface area contributed by atoms with Gasteiger partial charge in [0.15, 0.2) is 11.6 Å². The predicted octanol–water partition coefficient (Wildman–Crippen LogP) is 4.20. The Balaban J connectivity index is 1.39. The lowest BCUT2D eigenvalue weighted by molar-refractivity contribution is 0.0953. The lowest BCUT2D eigenvalue weighted by Gasteiger charge is -2.25. The van der Waals surface area contributed by atoms with Gasteiger partial charge in [0, 0.05) is 35.8 Å². The Morgan fingerprint density at radius 3 is 2.74 bits per heavy atom. The lowest BCUT2D eigenvalue weighted by Crippen LogP contribution is -2.40. The summed E-state index contributed by atoms with van der Waals surface area (Å²) in [6.45, 7) is 2.40. The van der Waals surface area contributed by atoms with E-state index in [0.29, 0.717) is 35.5 Å². The van der Waals surface area contributed by atoms with Gasteiger partial charge in [0.2, 0.25) is 5.43 Å². The van der Waals surface area contributed by atoms with Crippen LogP contribution < -0.4 is 25.8 Å². The summed E-state index contributed by atoms with van der Waals surface area (Å²) in [7, 11) is 1.51. The van der Waals surface area contributed by atoms with Crippen LogP contribution in [0.4, 0.5) is 10.1 Å². The van der Waals surface area contributed by atoms with E-state index < -0.39 is 17.2 Å². The number of hydrogen-bond donors (Lipinski definition) is 2. The largest absolute Gasteiger partial charge is 0.492 e. The lowest BCUT2D eigenvalue weighted by atomic mass is 9.94. The molecule has 2 aromatic carbocycles. The minimum absolute atomic E-state index is 0.0806. The molecule has 0 radical (unpaired) electrons. The van der Waals surface area contributed by atoms with Crippen LogP contribution in [0.25, 0.3) is 10.9 Å². The average molecular weight is 582 g/mol. The van der Waals surface area contributed by atoms with Crippen LogP contribution >= 0.6 is 15.9 Å². The molecule has 3 fully saturated rings. The number of carbonyl (C=O) groups excluding carboxylic acids is 1. The van der Waals surface area contributed by atoms with E-state index in [1.165, 1.54) is 19.4 Å². The minimum Gasteiger partial charge on any atom is -0.492 e. The highest BCUT2D eigenvalue weighted by molar-refractivity contribution is 9.10. The van der Waals surface area contributed by atoms with Gasteiger partial charge >= 0.3 is 0 Å². The number of aromatic nitrogens is 1. The number of nitrogens with one attached hydrogen (secondary N) is 2. The van der Waals surface area contributed by atoms with Crippen molar-refractivity contribution < 1.29 is 13.9 Å². The molecule has 38 heavy (non-hydrogen) atoms. The van der Waals surface area contributed by atoms with Gasteiger partial charge < -0.3 is 19.5 Å². The molecule has 8 nitrogen and oxygen atoms in total. The van der Waals surface area contributed by atoms with Crippen molar-refractivity contribution in [1.29, 1.82) is 0 Å². The molecular weight excluding hydrogens is 553 g/mol. The predicted molar refractivity (Wildman–Crippen MR) is 149 cm³/mol. The van der Waals surface area contributed by atoms with E-state index in [1.54, 1.807) is 6.20 Å². The monoisotopic (exact) mass is 581 g/mol. The third-order valence-electron chi connectivity index (χ3n) is 7.75. The molecule has 0 spiro atoms. The van der Waals surface area contributed by atoms with Gasteiger partial charge in [0.25, 0.3) is 5.91 Å². The standard InChI is InChI=1S/C28H29BrFN5O3/c1-38-27-24-20(11-22(30)25(27)34-13-17-3-2-10-31-23(17)15-34)26(36)21(14-35(24)19-8-9-19)28(37)33-32-12-16-4-6-18(29)7-5-16/h4-7,11-12,14,17,19,23,31H,2-3,8-10,13,15H2,1H3,(H,33,37)/b32-12+. The highest BCUT2D eigenvalue weighted by atomic mass is 79.9. The van der Waals surface area contributed by atoms with Gasteiger partial charge in [-0.05, 0) is 61.9 Å². The minimum atomic E-state index is -0.641. The molecule has 2 atom stereocenters. The number of amides is 1. The number of methoxy groups -OCH3 is 1. The summed E-state index contributed by atoms with van der Waals surface area (Å²) in [6.07, 6.45) is 7.13. The number of fused-ring (bicyclic) bond motifs is 2. The molecule has 3 aromatic rings. The molecular formula is C28H29BrFN5O3. The molecule has 1 aromatic heterocycles. The zero-order chi connectivity index (χ0) is 26.4. The summed E-state index contributed by atoms with van der Waals surface area (Å²) in [4.78, 5) is 28.6. The van der Waals surface area contributed by atoms with Crippen molar-refractivity contribution in [3.8, 4) is 5.75 Å². The molecule has 1 saturated carbocycles. The van der Waals surface area contributed by atoms with Gasteiger partial charge in [-0.3, -0.25) is 9.59 Å². The van der Waals surface area contributed by atoms with Crippen molar-refractivity contribution in [3.63, 3.8) is 0 Å². The molecule has 10 heteroatoms. The number of pyridine rings is 1. The van der Waals surface area contributed by atoms with Crippen molar-refractivity contribution >= 4 is 44.6 Å². The summed E-state index contributed by atoms with van der Waals surface area (Å²) in [6, 6.07) is 9.12. The van der Waals surface area contributed by atoms with E-state index in [1.807, 2.05) is 33.7 Å². The maximum atomic E-state index is 15.8. The molecule has 2 N–H and O–H groups in total. The SMILES string of the molecule is COc1c(N2CC3CCCNC3C2)c(F)cc2c(=O)c(C(=O)N/N=C/c3ccc(Br)cc3)cn(C3CC3)c12. The topological polar surface area (TPSA) is 88.0 Å². The van der Waals surface area contributed by atoms with E-state index in [2.05, 4.69) is 31.8 Å². The Bertz CT molecular complexity index is 1470. The fourth-order valence-electron chi connectivity index (χ4n) is 5.74. The van der Waals surface area contributed by atoms with Crippen LogP contribution in [0.5, 0.6) is 5.75 Å². The highest BCUT2D eigenvalue weighted by Gasteiger charge is 2.38. The second-order valence-corrected chi connectivity index (χ2v) is 11.2. The van der Waals surface area contributed by atoms with Crippen LogP contribution in [0, 0.1) is 11.7 Å². The maximum Gasteiger partial charge on any atom is 0.276 e. The van der Waals surface area contributed by atoms with Crippen molar-refractivity contribution in [2.75, 3.05) is 31.6 Å². The zero-order valence-electron chi connectivity index (χ0n) is 21.0. The number of halogens is 2. The van der Waals surface area contributed by atoms with Gasteiger partial charge in [-0.2, -0.15) is 5.10 Å². The van der Waals surface area contributed by atoms with Crippen LogP contribution in [0.1, 0.15) is 47.6 Å². The van der Waals surface area contributed by atoms with E-state index in [0.717, 1.165) is 48.8 Å². The number of carbonyl (C=O) groups is 1. The first-order valence-electron chi connectivity index (χ1n) is 13.0. The van der Waals surface area contributed by atoms with Gasteiger partial charge in [-0.1, -0.05) is 28.1 Å². The van der Waals surface area contributed by atoms with Gasteiger partial charge in [0.05, 0.1) is 24.2 Å². The first-order valence-corrected chi connectivity index (χ1v) is 13.8. The zero-order valence-corrected chi connectivity index (χ0v) is 22.6. The summed E-state index contributed by atoms with van der Waals surface area (Å²) in [5.41, 5.74) is 3.54. The van der Waals surface area contributed by atoms with Crippen LogP contribution in [0.15, 0.2) is 50.9 Å². The summed E-state index contributed by atoms with van der Waals surface area (Å²) < 4.78 is 24.4. The van der Waals surface area contributed by atoms with Crippen LogP contribution in [0.2, 0.25) is 0 Å². The van der Waals surface area contributed by atoms with Crippen molar-refractivity contribution in [1.82, 2.24) is 15.3 Å². The second kappa shape index (κ2) is 10.1. The number of hydrogen-bond acceptors (Lipinski definition) is 6. The Labute approximate surface area is 228 Å². The van der Waals surface area contributed by atoms with Gasteiger partial charge in [0.1, 0.15) is 11.3 Å². The number of rotatable bonds is 6. The van der Waals surface area contributed by atoms with Crippen molar-refractivity contribution in [3.05, 3.63) is 68.2 Å². The molecule has 2 aliphatic heterocycles. The third kappa shape index (κ3) is 4.60. The first kappa shape index (κ1) is 25.1. The normalized spacial score (nSPS) is 21.2. The maximum absolute atomic E-state index is 15.8. The fraction of sp³-hybridized carbons (Fsp3) is 0.393.